The number of carbonyl (C=O) groups is 1. The lowest BCUT2D eigenvalue weighted by atomic mass is 9.59. The van der Waals surface area contributed by atoms with E-state index in [1.54, 1.807) is 0 Å². The van der Waals surface area contributed by atoms with Gasteiger partial charge in [-0.1, -0.05) is 27.7 Å². The summed E-state index contributed by atoms with van der Waals surface area (Å²) in [5.41, 5.74) is 0.457. The molecule has 0 aromatic carbocycles. The van der Waals surface area contributed by atoms with Gasteiger partial charge in [0.05, 0.1) is 0 Å². The van der Waals surface area contributed by atoms with Gasteiger partial charge in [0.1, 0.15) is 5.78 Å². The Hall–Kier alpha value is -0.330. The summed E-state index contributed by atoms with van der Waals surface area (Å²) in [6, 6.07) is 0. The van der Waals surface area contributed by atoms with Gasteiger partial charge in [0, 0.05) is 11.3 Å². The average molecular weight is 329 g/mol. The number of hydrogen-bond donors (Lipinski definition) is 0. The minimum atomic E-state index is 0.105. The van der Waals surface area contributed by atoms with E-state index in [0.717, 1.165) is 47.2 Å². The van der Waals surface area contributed by atoms with Crippen LogP contribution in [0.1, 0.15) is 79.1 Å². The standard InChI is InChI=1S/C23H36O/c1-13(2)16-6-5-15-11-20-18(12-17(15)16)21(24)23-10-7-14(3)19(23)8-9-22(20,23)4/h13-20H,5-12H2,1-4H3/t14-,15-,16+,17-,18?,19+,20-,22+,23?/m1/s1. The van der Waals surface area contributed by atoms with Gasteiger partial charge in [0.25, 0.3) is 0 Å². The van der Waals surface area contributed by atoms with Gasteiger partial charge in [-0.3, -0.25) is 4.79 Å². The third-order valence-corrected chi connectivity index (χ3v) is 10.4. The van der Waals surface area contributed by atoms with Crippen molar-refractivity contribution in [2.75, 3.05) is 0 Å². The van der Waals surface area contributed by atoms with Gasteiger partial charge in [-0.2, -0.15) is 0 Å². The molecular formula is C23H36O. The lowest BCUT2D eigenvalue weighted by molar-refractivity contribution is -0.133. The van der Waals surface area contributed by atoms with Crippen LogP contribution in [-0.2, 0) is 4.79 Å². The third-order valence-electron chi connectivity index (χ3n) is 10.4. The van der Waals surface area contributed by atoms with E-state index in [4.69, 9.17) is 0 Å². The van der Waals surface area contributed by atoms with Gasteiger partial charge in [-0.05, 0) is 98.2 Å². The van der Waals surface area contributed by atoms with Crippen molar-refractivity contribution in [3.63, 3.8) is 0 Å². The lowest BCUT2D eigenvalue weighted by Gasteiger charge is -2.44. The van der Waals surface area contributed by atoms with Crippen molar-refractivity contribution in [2.45, 2.75) is 79.1 Å². The number of ketones is 1. The Morgan fingerprint density at radius 1 is 1.00 bits per heavy atom. The Labute approximate surface area is 148 Å². The zero-order chi connectivity index (χ0) is 16.9. The van der Waals surface area contributed by atoms with Crippen LogP contribution in [0.25, 0.3) is 0 Å². The molecule has 2 unspecified atom stereocenters. The minimum Gasteiger partial charge on any atom is -0.299 e. The van der Waals surface area contributed by atoms with Crippen LogP contribution < -0.4 is 0 Å². The molecule has 9 atom stereocenters. The normalized spacial score (nSPS) is 58.7. The molecule has 134 valence electrons. The Kier molecular flexibility index (Phi) is 3.24. The summed E-state index contributed by atoms with van der Waals surface area (Å²) >= 11 is 0. The Morgan fingerprint density at radius 2 is 1.79 bits per heavy atom. The maximum Gasteiger partial charge on any atom is 0.143 e. The Morgan fingerprint density at radius 3 is 2.54 bits per heavy atom. The molecule has 24 heavy (non-hydrogen) atoms. The van der Waals surface area contributed by atoms with Crippen molar-refractivity contribution in [1.29, 1.82) is 0 Å². The van der Waals surface area contributed by atoms with Crippen molar-refractivity contribution in [3.8, 4) is 0 Å². The van der Waals surface area contributed by atoms with Crippen LogP contribution in [0, 0.1) is 58.2 Å². The predicted molar refractivity (Wildman–Crippen MR) is 97.4 cm³/mol. The monoisotopic (exact) mass is 328 g/mol. The maximum absolute atomic E-state index is 13.8. The topological polar surface area (TPSA) is 17.1 Å². The first-order valence-corrected chi connectivity index (χ1v) is 10.9. The van der Waals surface area contributed by atoms with E-state index >= 15 is 0 Å². The van der Waals surface area contributed by atoms with Crippen LogP contribution in [0.5, 0.6) is 0 Å². The van der Waals surface area contributed by atoms with Crippen LogP contribution in [-0.4, -0.2) is 5.78 Å². The summed E-state index contributed by atoms with van der Waals surface area (Å²) in [6.45, 7) is 9.82. The second-order valence-corrected chi connectivity index (χ2v) is 11.0. The molecular weight excluding hydrogens is 292 g/mol. The largest absolute Gasteiger partial charge is 0.299 e. The smallest absolute Gasteiger partial charge is 0.143 e. The summed E-state index contributed by atoms with van der Waals surface area (Å²) in [4.78, 5) is 13.8. The molecule has 0 saturated heterocycles. The van der Waals surface area contributed by atoms with Gasteiger partial charge in [0.2, 0.25) is 0 Å². The molecule has 0 N–H and O–H groups in total. The first kappa shape index (κ1) is 15.9. The van der Waals surface area contributed by atoms with Crippen molar-refractivity contribution in [3.05, 3.63) is 0 Å². The maximum atomic E-state index is 13.8. The highest BCUT2D eigenvalue weighted by molar-refractivity contribution is 5.92. The molecule has 5 rings (SSSR count). The van der Waals surface area contributed by atoms with Crippen molar-refractivity contribution in [1.82, 2.24) is 0 Å². The van der Waals surface area contributed by atoms with Crippen LogP contribution in [0.4, 0.5) is 0 Å². The minimum absolute atomic E-state index is 0.105. The molecule has 0 amide bonds. The van der Waals surface area contributed by atoms with E-state index in [2.05, 4.69) is 27.7 Å². The summed E-state index contributed by atoms with van der Waals surface area (Å²) in [7, 11) is 0. The van der Waals surface area contributed by atoms with E-state index in [9.17, 15) is 4.79 Å². The van der Waals surface area contributed by atoms with Gasteiger partial charge in [0.15, 0.2) is 0 Å². The predicted octanol–water partition coefficient (Wildman–Crippen LogP) is 5.73. The number of carbonyl (C=O) groups excluding carboxylic acids is 1. The fraction of sp³-hybridized carbons (Fsp3) is 0.957. The van der Waals surface area contributed by atoms with Crippen molar-refractivity contribution < 1.29 is 4.79 Å². The van der Waals surface area contributed by atoms with E-state index in [-0.39, 0.29) is 5.41 Å². The van der Waals surface area contributed by atoms with E-state index < -0.39 is 0 Å². The zero-order valence-electron chi connectivity index (χ0n) is 16.2. The summed E-state index contributed by atoms with van der Waals surface area (Å²) in [6.07, 6.45) is 10.8. The van der Waals surface area contributed by atoms with Crippen molar-refractivity contribution >= 4 is 5.78 Å². The molecule has 0 aromatic heterocycles. The molecule has 0 heterocycles. The van der Waals surface area contributed by atoms with Gasteiger partial charge in [-0.15, -0.1) is 0 Å². The molecule has 5 saturated carbocycles. The van der Waals surface area contributed by atoms with Crippen molar-refractivity contribution in [2.24, 2.45) is 58.2 Å². The molecule has 1 nitrogen and oxygen atoms in total. The second kappa shape index (κ2) is 4.89. The van der Waals surface area contributed by atoms with E-state index in [0.29, 0.717) is 11.3 Å². The Bertz CT molecular complexity index is 564. The van der Waals surface area contributed by atoms with E-state index in [1.165, 1.54) is 51.4 Å². The van der Waals surface area contributed by atoms with Crippen LogP contribution >= 0.6 is 0 Å². The fourth-order valence-electron chi connectivity index (χ4n) is 9.29. The first-order chi connectivity index (χ1) is 11.4. The highest BCUT2D eigenvalue weighted by Crippen LogP contribution is 2.76. The Balaban J connectivity index is 1.52. The molecule has 0 bridgehead atoms. The second-order valence-electron chi connectivity index (χ2n) is 11.0. The number of hydrogen-bond acceptors (Lipinski definition) is 1. The fourth-order valence-corrected chi connectivity index (χ4v) is 9.29. The summed E-state index contributed by atoms with van der Waals surface area (Å²) < 4.78 is 0. The first-order valence-electron chi connectivity index (χ1n) is 10.9. The molecule has 1 spiro atoms. The highest BCUT2D eigenvalue weighted by Gasteiger charge is 2.74. The average Bonchev–Trinajstić information content (AvgIpc) is 3.22. The van der Waals surface area contributed by atoms with Gasteiger partial charge < -0.3 is 0 Å². The molecule has 1 heteroatoms. The number of rotatable bonds is 1. The molecule has 0 radical (unpaired) electrons. The SMILES string of the molecule is CC(C)[C@@H]1CC[C@@H]2C[C@@H]3C(C[C@H]21)C(=O)C12CC[C@@H](C)[C@@H]1CC[C@@]32C. The summed E-state index contributed by atoms with van der Waals surface area (Å²) in [5, 5.41) is 0. The summed E-state index contributed by atoms with van der Waals surface area (Å²) in [5.74, 6) is 6.95. The van der Waals surface area contributed by atoms with Crippen LogP contribution in [0.15, 0.2) is 0 Å². The van der Waals surface area contributed by atoms with Crippen LogP contribution in [0.3, 0.4) is 0 Å². The molecule has 5 aliphatic rings. The zero-order valence-corrected chi connectivity index (χ0v) is 16.2. The quantitative estimate of drug-likeness (QED) is 0.601. The van der Waals surface area contributed by atoms with Gasteiger partial charge in [-0.25, -0.2) is 0 Å². The third kappa shape index (κ3) is 1.62. The lowest BCUT2D eigenvalue weighted by Crippen LogP contribution is -2.40. The molecule has 0 aromatic rings. The van der Waals surface area contributed by atoms with Gasteiger partial charge >= 0.3 is 0 Å². The molecule has 0 aliphatic heterocycles. The van der Waals surface area contributed by atoms with Crippen LogP contribution in [0.2, 0.25) is 0 Å². The number of Topliss-reactive ketones (excluding diaryl/α,β-unsaturated/α-hetero) is 1. The molecule has 5 fully saturated rings. The highest BCUT2D eigenvalue weighted by atomic mass is 16.1. The molecule has 5 aliphatic carbocycles. The van der Waals surface area contributed by atoms with E-state index in [1.807, 2.05) is 0 Å². The number of fused-ring (bicyclic) bond motifs is 3.